The Labute approximate surface area is 186 Å². The van der Waals surface area contributed by atoms with E-state index in [-0.39, 0.29) is 5.91 Å². The van der Waals surface area contributed by atoms with Crippen molar-refractivity contribution in [3.63, 3.8) is 0 Å². The minimum atomic E-state index is -4.42. The highest BCUT2D eigenvalue weighted by molar-refractivity contribution is 5.97. The second kappa shape index (κ2) is 7.78. The first-order valence-electron chi connectivity index (χ1n) is 10.3. The van der Waals surface area contributed by atoms with E-state index in [1.807, 2.05) is 48.5 Å². The fourth-order valence-electron chi connectivity index (χ4n) is 3.04. The van der Waals surface area contributed by atoms with Crippen molar-refractivity contribution in [2.75, 3.05) is 5.23 Å². The number of rotatable bonds is 3. The molecule has 1 aliphatic heterocycles. The van der Waals surface area contributed by atoms with Crippen LogP contribution in [0.25, 0.3) is 11.1 Å². The summed E-state index contributed by atoms with van der Waals surface area (Å²) >= 11 is 0. The zero-order valence-electron chi connectivity index (χ0n) is 19.3. The number of alkyl halides is 3. The number of carbonyl (C=O) groups is 1. The van der Waals surface area contributed by atoms with E-state index in [4.69, 9.17) is 9.68 Å². The molecule has 0 bridgehead atoms. The quantitative estimate of drug-likeness (QED) is 0.610. The molecule has 3 rings (SSSR count). The predicted octanol–water partition coefficient (Wildman–Crippen LogP) is 6.14. The van der Waals surface area contributed by atoms with Crippen molar-refractivity contribution in [2.45, 2.75) is 71.4 Å². The van der Waals surface area contributed by atoms with Gasteiger partial charge in [-0.1, -0.05) is 12.1 Å². The molecule has 5 nitrogen and oxygen atoms in total. The summed E-state index contributed by atoms with van der Waals surface area (Å²) in [5.74, 6) is -0.315. The third-order valence-corrected chi connectivity index (χ3v) is 5.50. The van der Waals surface area contributed by atoms with Gasteiger partial charge in [-0.05, 0) is 89.9 Å². The molecule has 8 heteroatoms. The summed E-state index contributed by atoms with van der Waals surface area (Å²) < 4.78 is 38.9. The molecular formula is C24H29F3N2O3. The number of carbonyl (C=O) groups excluding carboxylic acids is 1. The van der Waals surface area contributed by atoms with Crippen molar-refractivity contribution >= 4 is 11.6 Å². The first kappa shape index (κ1) is 24.1. The van der Waals surface area contributed by atoms with E-state index in [0.717, 1.165) is 12.1 Å². The zero-order valence-corrected chi connectivity index (χ0v) is 19.3. The van der Waals surface area contributed by atoms with Crippen LogP contribution in [0.3, 0.4) is 0 Å². The Hall–Kier alpha value is -2.58. The molecule has 0 spiro atoms. The van der Waals surface area contributed by atoms with Crippen molar-refractivity contribution in [3.8, 4) is 11.1 Å². The lowest BCUT2D eigenvalue weighted by molar-refractivity contribution is -0.137. The molecule has 2 aromatic carbocycles. The van der Waals surface area contributed by atoms with Crippen molar-refractivity contribution in [2.24, 2.45) is 0 Å². The van der Waals surface area contributed by atoms with E-state index in [1.54, 1.807) is 18.2 Å². The van der Waals surface area contributed by atoms with Gasteiger partial charge in [-0.15, -0.1) is 5.23 Å². The van der Waals surface area contributed by atoms with Crippen LogP contribution in [0.1, 0.15) is 64.4 Å². The zero-order chi connectivity index (χ0) is 24.1. The molecule has 0 atom stereocenters. The van der Waals surface area contributed by atoms with Crippen LogP contribution in [0.4, 0.5) is 18.9 Å². The maximum absolute atomic E-state index is 13.0. The Balaban J connectivity index is 2.06. The molecule has 0 aromatic heterocycles. The highest BCUT2D eigenvalue weighted by Gasteiger charge is 2.50. The number of benzene rings is 2. The second-order valence-electron chi connectivity index (χ2n) is 10.0. The average Bonchev–Trinajstić information content (AvgIpc) is 2.87. The van der Waals surface area contributed by atoms with Crippen LogP contribution in [-0.4, -0.2) is 22.6 Å². The monoisotopic (exact) mass is 450 g/mol. The molecule has 1 fully saturated rings. The molecule has 1 heterocycles. The van der Waals surface area contributed by atoms with Crippen LogP contribution in [0.15, 0.2) is 42.5 Å². The predicted molar refractivity (Wildman–Crippen MR) is 117 cm³/mol. The maximum atomic E-state index is 13.0. The lowest BCUT2D eigenvalue weighted by Crippen LogP contribution is -2.41. The number of halogens is 3. The highest BCUT2D eigenvalue weighted by atomic mass is 19.4. The molecule has 32 heavy (non-hydrogen) atoms. The van der Waals surface area contributed by atoms with Gasteiger partial charge in [0.15, 0.2) is 0 Å². The van der Waals surface area contributed by atoms with Crippen molar-refractivity contribution in [3.05, 3.63) is 53.6 Å². The van der Waals surface area contributed by atoms with Gasteiger partial charge in [-0.25, -0.2) is 9.68 Å². The van der Waals surface area contributed by atoms with E-state index < -0.39 is 28.5 Å². The second-order valence-corrected chi connectivity index (χ2v) is 10.0. The van der Waals surface area contributed by atoms with Crippen molar-refractivity contribution in [1.82, 2.24) is 5.32 Å². The minimum Gasteiger partial charge on any atom is -0.347 e. The van der Waals surface area contributed by atoms with E-state index in [0.29, 0.717) is 22.4 Å². The Kier molecular flexibility index (Phi) is 5.85. The Morgan fingerprint density at radius 1 is 0.875 bits per heavy atom. The summed E-state index contributed by atoms with van der Waals surface area (Å²) in [6, 6.07) is 9.79. The Bertz CT molecular complexity index is 991. The van der Waals surface area contributed by atoms with Crippen LogP contribution in [0, 0.1) is 0 Å². The molecule has 0 aliphatic carbocycles. The molecule has 174 valence electrons. The summed E-state index contributed by atoms with van der Waals surface area (Å²) in [5, 5.41) is 4.17. The van der Waals surface area contributed by atoms with E-state index in [1.165, 1.54) is 17.4 Å². The summed E-state index contributed by atoms with van der Waals surface area (Å²) in [4.78, 5) is 24.8. The molecular weight excluding hydrogens is 421 g/mol. The molecule has 0 radical (unpaired) electrons. The topological polar surface area (TPSA) is 50.8 Å². The Morgan fingerprint density at radius 3 is 1.88 bits per heavy atom. The minimum absolute atomic E-state index is 0.315. The average molecular weight is 451 g/mol. The summed E-state index contributed by atoms with van der Waals surface area (Å²) in [6.07, 6.45) is -4.42. The van der Waals surface area contributed by atoms with Gasteiger partial charge in [0.1, 0.15) is 11.2 Å². The number of nitrogens with one attached hydrogen (secondary N) is 1. The highest BCUT2D eigenvalue weighted by Crippen LogP contribution is 2.41. The number of anilines is 1. The van der Waals surface area contributed by atoms with Gasteiger partial charge in [-0.2, -0.15) is 13.2 Å². The molecule has 1 aliphatic rings. The van der Waals surface area contributed by atoms with Crippen LogP contribution in [0.2, 0.25) is 0 Å². The van der Waals surface area contributed by atoms with Gasteiger partial charge in [0.2, 0.25) is 0 Å². The van der Waals surface area contributed by atoms with Gasteiger partial charge >= 0.3 is 6.18 Å². The fraction of sp³-hybridized carbons (Fsp3) is 0.458. The van der Waals surface area contributed by atoms with Gasteiger partial charge in [-0.3, -0.25) is 4.79 Å². The van der Waals surface area contributed by atoms with E-state index in [2.05, 4.69) is 5.32 Å². The standard InChI is InChI=1S/C24H29F3N2O3/c1-21(2,3)28-20(30)17-12-16(15-8-10-18(11-9-15)24(25,26)27)13-19(14-17)29-31-22(4,5)23(6,7)32-29/h8-14H,1-7H3,(H,28,30). The maximum Gasteiger partial charge on any atom is 0.416 e. The van der Waals surface area contributed by atoms with Crippen LogP contribution < -0.4 is 10.5 Å². The first-order chi connectivity index (χ1) is 14.5. The van der Waals surface area contributed by atoms with Gasteiger partial charge < -0.3 is 5.32 Å². The largest absolute Gasteiger partial charge is 0.416 e. The van der Waals surface area contributed by atoms with Crippen molar-refractivity contribution in [1.29, 1.82) is 0 Å². The van der Waals surface area contributed by atoms with Gasteiger partial charge in [0.05, 0.1) is 11.3 Å². The molecule has 1 saturated heterocycles. The third kappa shape index (κ3) is 5.07. The fourth-order valence-corrected chi connectivity index (χ4v) is 3.04. The smallest absolute Gasteiger partial charge is 0.347 e. The molecule has 0 unspecified atom stereocenters. The molecule has 2 aromatic rings. The van der Waals surface area contributed by atoms with Crippen LogP contribution >= 0.6 is 0 Å². The molecule has 1 N–H and O–H groups in total. The normalized spacial score (nSPS) is 18.0. The summed E-state index contributed by atoms with van der Waals surface area (Å²) in [6.45, 7) is 13.1. The van der Waals surface area contributed by atoms with Crippen LogP contribution in [0.5, 0.6) is 0 Å². The first-order valence-corrected chi connectivity index (χ1v) is 10.3. The summed E-state index contributed by atoms with van der Waals surface area (Å²) in [7, 11) is 0. The van der Waals surface area contributed by atoms with Gasteiger partial charge in [0.25, 0.3) is 5.91 Å². The Morgan fingerprint density at radius 2 is 1.41 bits per heavy atom. The SMILES string of the molecule is CC(C)(C)NC(=O)c1cc(-c2ccc(C(F)(F)F)cc2)cc(N2OC(C)(C)C(C)(C)O2)c1. The van der Waals surface area contributed by atoms with E-state index in [9.17, 15) is 18.0 Å². The molecule has 1 amide bonds. The number of hydrogen-bond acceptors (Lipinski definition) is 4. The number of amides is 1. The lowest BCUT2D eigenvalue weighted by atomic mass is 9.90. The molecule has 0 saturated carbocycles. The summed E-state index contributed by atoms with van der Waals surface area (Å²) in [5.41, 5.74) is -0.616. The number of hydrogen-bond donors (Lipinski definition) is 1. The van der Waals surface area contributed by atoms with E-state index >= 15 is 0 Å². The lowest BCUT2D eigenvalue weighted by Gasteiger charge is -2.26. The third-order valence-electron chi connectivity index (χ3n) is 5.50. The number of nitrogens with zero attached hydrogens (tertiary/aromatic N) is 1. The van der Waals surface area contributed by atoms with Crippen LogP contribution in [-0.2, 0) is 15.9 Å². The van der Waals surface area contributed by atoms with Gasteiger partial charge in [0, 0.05) is 11.1 Å². The van der Waals surface area contributed by atoms with Crippen molar-refractivity contribution < 1.29 is 27.6 Å².